The number of rotatable bonds is 6. The second-order valence-electron chi connectivity index (χ2n) is 8.45. The first-order chi connectivity index (χ1) is 14.5. The van der Waals surface area contributed by atoms with Crippen molar-refractivity contribution in [2.45, 2.75) is 39.3 Å². The van der Waals surface area contributed by atoms with Gasteiger partial charge in [-0.2, -0.15) is 9.36 Å². The van der Waals surface area contributed by atoms with Crippen LogP contribution in [-0.4, -0.2) is 38.3 Å². The zero-order valence-electron chi connectivity index (χ0n) is 17.2. The number of aromatic nitrogens is 4. The summed E-state index contributed by atoms with van der Waals surface area (Å²) in [5, 5.41) is 9.40. The lowest BCUT2D eigenvalue weighted by Crippen LogP contribution is -2.61. The number of halogens is 1. The first kappa shape index (κ1) is 19.3. The Bertz CT molecular complexity index is 1040. The molecule has 3 fully saturated rings. The molecule has 158 valence electrons. The van der Waals surface area contributed by atoms with Crippen molar-refractivity contribution in [1.82, 2.24) is 19.1 Å². The van der Waals surface area contributed by atoms with Crippen LogP contribution >= 0.6 is 11.5 Å². The highest BCUT2D eigenvalue weighted by Gasteiger charge is 2.47. The van der Waals surface area contributed by atoms with Gasteiger partial charge in [0.25, 0.3) is 0 Å². The van der Waals surface area contributed by atoms with Gasteiger partial charge in [0, 0.05) is 25.2 Å². The van der Waals surface area contributed by atoms with Crippen LogP contribution in [0, 0.1) is 24.6 Å². The van der Waals surface area contributed by atoms with E-state index >= 15 is 0 Å². The van der Waals surface area contributed by atoms with Crippen molar-refractivity contribution in [3.05, 3.63) is 41.8 Å². The Morgan fingerprint density at radius 3 is 2.70 bits per heavy atom. The summed E-state index contributed by atoms with van der Waals surface area (Å²) in [6.07, 6.45) is 1.23. The molecular formula is C21H25FN6OS. The van der Waals surface area contributed by atoms with Gasteiger partial charge in [-0.15, -0.1) is 5.10 Å². The fourth-order valence-electron chi connectivity index (χ4n) is 4.36. The molecule has 1 aliphatic carbocycles. The van der Waals surface area contributed by atoms with Gasteiger partial charge in [0.2, 0.25) is 5.95 Å². The third kappa shape index (κ3) is 3.62. The quantitative estimate of drug-likeness (QED) is 0.624. The maximum absolute atomic E-state index is 13.5. The summed E-state index contributed by atoms with van der Waals surface area (Å²) in [5.74, 6) is 1.75. The van der Waals surface area contributed by atoms with Crippen LogP contribution in [0.4, 0.5) is 15.3 Å². The highest BCUT2D eigenvalue weighted by molar-refractivity contribution is 7.10. The van der Waals surface area contributed by atoms with Gasteiger partial charge in [-0.3, -0.25) is 0 Å². The Morgan fingerprint density at radius 1 is 1.23 bits per heavy atom. The molecule has 0 radical (unpaired) electrons. The smallest absolute Gasteiger partial charge is 0.322 e. The number of anilines is 2. The summed E-state index contributed by atoms with van der Waals surface area (Å²) in [5.41, 5.74) is 1.08. The molecule has 2 aliphatic heterocycles. The van der Waals surface area contributed by atoms with E-state index in [0.29, 0.717) is 35.6 Å². The van der Waals surface area contributed by atoms with Crippen LogP contribution in [0.15, 0.2) is 30.3 Å². The first-order valence-electron chi connectivity index (χ1n) is 10.3. The largest absolute Gasteiger partial charge is 0.424 e. The Balaban J connectivity index is 1.29. The predicted octanol–water partition coefficient (Wildman–Crippen LogP) is 4.49. The van der Waals surface area contributed by atoms with Gasteiger partial charge >= 0.3 is 6.01 Å². The van der Waals surface area contributed by atoms with Gasteiger partial charge in [-0.05, 0) is 68.8 Å². The lowest BCUT2D eigenvalue weighted by atomic mass is 9.66. The SMILES string of the molecule is Cc1cc(N2CC3C[C@@H](C2)[C@@H]3Nc2nc(Oc3cccc(F)c3)n(C(C)C)n2)sn1. The highest BCUT2D eigenvalue weighted by atomic mass is 32.1. The minimum Gasteiger partial charge on any atom is -0.424 e. The second kappa shape index (κ2) is 7.54. The standard InChI is InChI=1S/C21H25FN6OS/c1-12(2)28-21(29-17-6-4-5-16(22)9-17)24-20(25-28)23-19-14-8-15(19)11-27(10-14)18-7-13(3)26-30-18/h4-7,9,12,14-15,19H,8,10-11H2,1-3H3,(H,23,25)/t14-,15?,19-/m0/s1. The summed E-state index contributed by atoms with van der Waals surface area (Å²) in [7, 11) is 0. The number of nitrogens with zero attached hydrogens (tertiary/aromatic N) is 5. The second-order valence-corrected chi connectivity index (χ2v) is 9.24. The van der Waals surface area contributed by atoms with Crippen LogP contribution in [0.25, 0.3) is 0 Å². The zero-order chi connectivity index (χ0) is 20.8. The molecule has 3 aliphatic rings. The number of aryl methyl sites for hydroxylation is 1. The molecule has 1 saturated carbocycles. The molecule has 2 aromatic heterocycles. The highest BCUT2D eigenvalue weighted by Crippen LogP contribution is 2.43. The summed E-state index contributed by atoms with van der Waals surface area (Å²) in [6.45, 7) is 8.11. The Morgan fingerprint density at radius 2 is 2.03 bits per heavy atom. The Labute approximate surface area is 179 Å². The molecule has 1 aromatic carbocycles. The van der Waals surface area contributed by atoms with Gasteiger partial charge in [-0.1, -0.05) is 6.07 Å². The topological polar surface area (TPSA) is 68.1 Å². The molecule has 2 bridgehead atoms. The van der Waals surface area contributed by atoms with Crippen molar-refractivity contribution in [3.8, 4) is 11.8 Å². The molecule has 2 saturated heterocycles. The lowest BCUT2D eigenvalue weighted by molar-refractivity contribution is 0.130. The lowest BCUT2D eigenvalue weighted by Gasteiger charge is -2.53. The fourth-order valence-corrected chi connectivity index (χ4v) is 5.14. The van der Waals surface area contributed by atoms with E-state index in [-0.39, 0.29) is 11.9 Å². The number of hydrogen-bond donors (Lipinski definition) is 1. The maximum Gasteiger partial charge on any atom is 0.322 e. The molecule has 9 heteroatoms. The third-order valence-corrected chi connectivity index (χ3v) is 6.79. The first-order valence-corrected chi connectivity index (χ1v) is 11.1. The van der Waals surface area contributed by atoms with Crippen LogP contribution < -0.4 is 15.0 Å². The van der Waals surface area contributed by atoms with E-state index < -0.39 is 0 Å². The van der Waals surface area contributed by atoms with Gasteiger partial charge in [0.15, 0.2) is 0 Å². The van der Waals surface area contributed by atoms with Gasteiger partial charge < -0.3 is 15.0 Å². The molecule has 4 heterocycles. The van der Waals surface area contributed by atoms with E-state index in [9.17, 15) is 4.39 Å². The zero-order valence-corrected chi connectivity index (χ0v) is 18.1. The molecular weight excluding hydrogens is 403 g/mol. The van der Waals surface area contributed by atoms with Gasteiger partial charge in [0.1, 0.15) is 16.6 Å². The number of fused-ring (bicyclic) bond motifs is 2. The van der Waals surface area contributed by atoms with Crippen molar-refractivity contribution in [3.63, 3.8) is 0 Å². The fraction of sp³-hybridized carbons (Fsp3) is 0.476. The maximum atomic E-state index is 13.5. The van der Waals surface area contributed by atoms with Crippen LogP contribution in [0.5, 0.6) is 11.8 Å². The minimum absolute atomic E-state index is 0.0718. The summed E-state index contributed by atoms with van der Waals surface area (Å²) >= 11 is 1.58. The van der Waals surface area contributed by atoms with Crippen LogP contribution in [0.2, 0.25) is 0 Å². The van der Waals surface area contributed by atoms with Gasteiger partial charge in [0.05, 0.1) is 11.7 Å². The monoisotopic (exact) mass is 428 g/mol. The summed E-state index contributed by atoms with van der Waals surface area (Å²) in [6, 6.07) is 9.03. The molecule has 3 atom stereocenters. The van der Waals surface area contributed by atoms with E-state index in [4.69, 9.17) is 4.74 Å². The Hall–Kier alpha value is -2.68. The average molecular weight is 429 g/mol. The van der Waals surface area contributed by atoms with E-state index in [2.05, 4.69) is 30.7 Å². The third-order valence-electron chi connectivity index (χ3n) is 5.85. The molecule has 7 nitrogen and oxygen atoms in total. The van der Waals surface area contributed by atoms with E-state index in [0.717, 1.165) is 18.8 Å². The molecule has 3 aromatic rings. The molecule has 30 heavy (non-hydrogen) atoms. The van der Waals surface area contributed by atoms with Crippen LogP contribution in [0.3, 0.4) is 0 Å². The number of ether oxygens (including phenoxy) is 1. The van der Waals surface area contributed by atoms with Crippen LogP contribution in [0.1, 0.15) is 32.0 Å². The van der Waals surface area contributed by atoms with Crippen LogP contribution in [-0.2, 0) is 0 Å². The van der Waals surface area contributed by atoms with Crippen molar-refractivity contribution in [2.75, 3.05) is 23.3 Å². The van der Waals surface area contributed by atoms with E-state index in [1.165, 1.54) is 23.6 Å². The molecule has 0 spiro atoms. The van der Waals surface area contributed by atoms with Crippen molar-refractivity contribution < 1.29 is 9.13 Å². The van der Waals surface area contributed by atoms with Crippen molar-refractivity contribution in [1.29, 1.82) is 0 Å². The minimum atomic E-state index is -0.343. The van der Waals surface area contributed by atoms with Gasteiger partial charge in [-0.25, -0.2) is 9.07 Å². The number of nitrogens with one attached hydrogen (secondary N) is 1. The molecule has 6 rings (SSSR count). The molecule has 1 N–H and O–H groups in total. The van der Waals surface area contributed by atoms with E-state index in [1.807, 2.05) is 20.8 Å². The number of benzene rings is 1. The molecule has 0 amide bonds. The molecule has 1 unspecified atom stereocenters. The summed E-state index contributed by atoms with van der Waals surface area (Å²) < 4.78 is 25.5. The predicted molar refractivity (Wildman–Crippen MR) is 115 cm³/mol. The summed E-state index contributed by atoms with van der Waals surface area (Å²) in [4.78, 5) is 7.01. The average Bonchev–Trinajstić information content (AvgIpc) is 3.32. The van der Waals surface area contributed by atoms with Crippen molar-refractivity contribution >= 4 is 22.5 Å². The Kier molecular flexibility index (Phi) is 4.85. The number of piperidine rings is 2. The number of hydrogen-bond acceptors (Lipinski definition) is 7. The normalized spacial score (nSPS) is 22.8. The van der Waals surface area contributed by atoms with E-state index in [1.54, 1.807) is 28.3 Å². The van der Waals surface area contributed by atoms with Crippen molar-refractivity contribution in [2.24, 2.45) is 11.8 Å².